The Morgan fingerprint density at radius 3 is 2.67 bits per heavy atom. The van der Waals surface area contributed by atoms with Crippen molar-refractivity contribution >= 4 is 49.1 Å². The smallest absolute Gasteiger partial charge is 0.417 e. The number of fused-ring (bicyclic) bond motifs is 3. The number of nitrogens with zero attached hydrogens (tertiary/aromatic N) is 6. The number of ether oxygens (including phenoxy) is 1. The molecule has 51 heavy (non-hydrogen) atoms. The van der Waals surface area contributed by atoms with Crippen molar-refractivity contribution in [3.05, 3.63) is 41.0 Å². The molecule has 0 saturated carbocycles. The summed E-state index contributed by atoms with van der Waals surface area (Å²) < 4.78 is 97.8. The molecule has 0 spiro atoms. The first kappa shape index (κ1) is 35.1. The number of hydrogen-bond acceptors (Lipinski definition) is 9. The lowest BCUT2D eigenvalue weighted by Crippen LogP contribution is -2.43. The number of carbonyl (C=O) groups excluding carboxylic acids is 1. The summed E-state index contributed by atoms with van der Waals surface area (Å²) in [6.07, 6.45) is -4.42. The molecule has 16 heteroatoms. The highest BCUT2D eigenvalue weighted by Crippen LogP contribution is 2.48. The highest BCUT2D eigenvalue weighted by atomic mass is 32.1. The SMILES string of the molecule is CCN(c1nc(OC[C@@]23CCCN2C[C@H](F)C3)nc2c(F)c(-c3ccc(F)c4sc(N)c(C#N)c34)c(C(F)(F)F)cc12)[C@H]1CC(=O)N(C(C)C)C1. The van der Waals surface area contributed by atoms with Crippen molar-refractivity contribution in [2.24, 2.45) is 0 Å². The largest absolute Gasteiger partial charge is 0.461 e. The molecule has 2 aromatic heterocycles. The van der Waals surface area contributed by atoms with Crippen molar-refractivity contribution in [1.82, 2.24) is 19.8 Å². The van der Waals surface area contributed by atoms with Gasteiger partial charge in [0.25, 0.3) is 0 Å². The maximum atomic E-state index is 17.2. The number of amides is 1. The highest BCUT2D eigenvalue weighted by Gasteiger charge is 2.49. The number of nitrogens with two attached hydrogens (primary N) is 1. The van der Waals surface area contributed by atoms with Gasteiger partial charge in [-0.2, -0.15) is 28.4 Å². The fourth-order valence-electron chi connectivity index (χ4n) is 8.12. The molecule has 0 aliphatic carbocycles. The first-order valence-electron chi connectivity index (χ1n) is 16.8. The van der Waals surface area contributed by atoms with Gasteiger partial charge in [0.15, 0.2) is 5.82 Å². The number of benzene rings is 2. The van der Waals surface area contributed by atoms with Crippen LogP contribution in [0.1, 0.15) is 57.6 Å². The van der Waals surface area contributed by atoms with Gasteiger partial charge in [0.05, 0.1) is 27.4 Å². The van der Waals surface area contributed by atoms with E-state index in [1.165, 1.54) is 0 Å². The number of carbonyl (C=O) groups is 1. The molecule has 2 N–H and O–H groups in total. The van der Waals surface area contributed by atoms with Gasteiger partial charge >= 0.3 is 12.2 Å². The molecule has 4 aromatic rings. The number of rotatable bonds is 8. The normalized spacial score (nSPS) is 22.5. The minimum Gasteiger partial charge on any atom is -0.461 e. The lowest BCUT2D eigenvalue weighted by Gasteiger charge is -2.32. The Balaban J connectivity index is 1.46. The van der Waals surface area contributed by atoms with Crippen molar-refractivity contribution in [3.63, 3.8) is 0 Å². The maximum Gasteiger partial charge on any atom is 0.417 e. The summed E-state index contributed by atoms with van der Waals surface area (Å²) in [5, 5.41) is 9.20. The predicted molar refractivity (Wildman–Crippen MR) is 181 cm³/mol. The standard InChI is InChI=1S/C35H35F6N7O2S/c1-4-47(19-10-25(49)48(15-19)17(2)3)32-21-11-23(35(39,40)41)27(20-6-7-24(37)30-26(20)22(13-42)31(43)51-30)28(38)29(21)44-33(45-32)50-16-34-8-5-9-46(34)14-18(36)12-34/h6-7,11,17-19H,4-5,8-10,12,14-16,43H2,1-3H3/t18-,19+,34+/m1/s1. The van der Waals surface area contributed by atoms with Crippen LogP contribution < -0.4 is 15.4 Å². The summed E-state index contributed by atoms with van der Waals surface area (Å²) in [4.78, 5) is 27.2. The second-order valence-corrected chi connectivity index (χ2v) is 14.8. The van der Waals surface area contributed by atoms with Crippen LogP contribution in [0.3, 0.4) is 0 Å². The summed E-state index contributed by atoms with van der Waals surface area (Å²) in [7, 11) is 0. The zero-order valence-electron chi connectivity index (χ0n) is 28.1. The topological polar surface area (TPSA) is 112 Å². The fraction of sp³-hybridized carbons (Fsp3) is 0.486. The summed E-state index contributed by atoms with van der Waals surface area (Å²) in [6.45, 7) is 6.83. The summed E-state index contributed by atoms with van der Waals surface area (Å²) in [5.74, 6) is -2.42. The third-order valence-corrected chi connectivity index (χ3v) is 11.5. The first-order valence-corrected chi connectivity index (χ1v) is 17.6. The molecular formula is C35H35F6N7O2S. The van der Waals surface area contributed by atoms with Crippen LogP contribution in [0.15, 0.2) is 18.2 Å². The molecule has 3 fully saturated rings. The number of nitrogen functional groups attached to an aromatic ring is 1. The minimum absolute atomic E-state index is 0.0268. The fourth-order valence-corrected chi connectivity index (χ4v) is 9.07. The van der Waals surface area contributed by atoms with E-state index >= 15 is 17.6 Å². The molecule has 0 radical (unpaired) electrons. The van der Waals surface area contributed by atoms with Gasteiger partial charge < -0.3 is 20.3 Å². The Hall–Kier alpha value is -4.36. The molecule has 0 unspecified atom stereocenters. The average Bonchev–Trinajstić information content (AvgIpc) is 3.81. The van der Waals surface area contributed by atoms with Crippen LogP contribution in [0.2, 0.25) is 0 Å². The van der Waals surface area contributed by atoms with Gasteiger partial charge in [-0.1, -0.05) is 6.07 Å². The van der Waals surface area contributed by atoms with E-state index in [-0.39, 0.29) is 94.5 Å². The second-order valence-electron chi connectivity index (χ2n) is 13.7. The number of aromatic nitrogens is 2. The van der Waals surface area contributed by atoms with Crippen LogP contribution in [0, 0.1) is 23.0 Å². The van der Waals surface area contributed by atoms with Crippen molar-refractivity contribution in [2.45, 2.75) is 76.4 Å². The van der Waals surface area contributed by atoms with E-state index in [0.717, 1.165) is 24.6 Å². The highest BCUT2D eigenvalue weighted by molar-refractivity contribution is 7.23. The number of halogens is 6. The molecule has 270 valence electrons. The molecule has 0 bridgehead atoms. The molecule has 2 aromatic carbocycles. The van der Waals surface area contributed by atoms with E-state index < -0.39 is 52.2 Å². The van der Waals surface area contributed by atoms with Gasteiger partial charge in [-0.25, -0.2) is 13.2 Å². The monoisotopic (exact) mass is 731 g/mol. The molecule has 3 aliphatic rings. The zero-order valence-corrected chi connectivity index (χ0v) is 28.9. The van der Waals surface area contributed by atoms with E-state index in [9.17, 15) is 18.8 Å². The zero-order chi connectivity index (χ0) is 36.6. The second kappa shape index (κ2) is 12.7. The first-order chi connectivity index (χ1) is 24.2. The van der Waals surface area contributed by atoms with E-state index in [2.05, 4.69) is 9.97 Å². The lowest BCUT2D eigenvalue weighted by atomic mass is 9.92. The van der Waals surface area contributed by atoms with Gasteiger partial charge in [-0.3, -0.25) is 9.69 Å². The molecule has 3 aliphatic heterocycles. The van der Waals surface area contributed by atoms with Gasteiger partial charge in [0.1, 0.15) is 41.0 Å². The predicted octanol–water partition coefficient (Wildman–Crippen LogP) is 7.05. The molecule has 1 amide bonds. The van der Waals surface area contributed by atoms with E-state index in [1.807, 2.05) is 24.8 Å². The Morgan fingerprint density at radius 1 is 1.24 bits per heavy atom. The van der Waals surface area contributed by atoms with E-state index in [4.69, 9.17) is 10.5 Å². The van der Waals surface area contributed by atoms with Crippen molar-refractivity contribution in [3.8, 4) is 23.2 Å². The van der Waals surface area contributed by atoms with Crippen LogP contribution in [-0.4, -0.2) is 82.3 Å². The third-order valence-electron chi connectivity index (χ3n) is 10.4. The number of thiophene rings is 1. The van der Waals surface area contributed by atoms with Crippen LogP contribution in [0.5, 0.6) is 6.01 Å². The third kappa shape index (κ3) is 5.78. The van der Waals surface area contributed by atoms with Crippen molar-refractivity contribution < 1.29 is 35.9 Å². The Bertz CT molecular complexity index is 2100. The average molecular weight is 732 g/mol. The minimum atomic E-state index is -5.13. The number of alkyl halides is 4. The lowest BCUT2D eigenvalue weighted by molar-refractivity contribution is -0.137. The Kier molecular flexibility index (Phi) is 8.73. The maximum absolute atomic E-state index is 17.2. The van der Waals surface area contributed by atoms with Crippen molar-refractivity contribution in [1.29, 1.82) is 5.26 Å². The summed E-state index contributed by atoms with van der Waals surface area (Å²) in [6, 6.07) is 3.51. The molecule has 9 nitrogen and oxygen atoms in total. The number of likely N-dealkylation sites (N-methyl/N-ethyl adjacent to an activating group) is 1. The number of anilines is 2. The van der Waals surface area contributed by atoms with Gasteiger partial charge in [-0.05, 0) is 57.9 Å². The summed E-state index contributed by atoms with van der Waals surface area (Å²) in [5.41, 5.74) is 1.84. The molecule has 7 rings (SSSR count). The quantitative estimate of drug-likeness (QED) is 0.192. The Morgan fingerprint density at radius 2 is 2.00 bits per heavy atom. The van der Waals surface area contributed by atoms with Crippen LogP contribution in [-0.2, 0) is 11.0 Å². The van der Waals surface area contributed by atoms with E-state index in [1.54, 1.807) is 16.7 Å². The number of likely N-dealkylation sites (tertiary alicyclic amines) is 1. The van der Waals surface area contributed by atoms with Crippen LogP contribution in [0.4, 0.5) is 37.2 Å². The molecule has 3 saturated heterocycles. The van der Waals surface area contributed by atoms with E-state index in [0.29, 0.717) is 24.3 Å². The molecular weight excluding hydrogens is 696 g/mol. The van der Waals surface area contributed by atoms with Gasteiger partial charge in [0, 0.05) is 54.9 Å². The van der Waals surface area contributed by atoms with Gasteiger partial charge in [-0.15, -0.1) is 11.3 Å². The van der Waals surface area contributed by atoms with Gasteiger partial charge in [0.2, 0.25) is 5.91 Å². The molecule has 5 heterocycles. The van der Waals surface area contributed by atoms with Crippen LogP contribution in [0.25, 0.3) is 32.1 Å². The summed E-state index contributed by atoms with van der Waals surface area (Å²) >= 11 is 0.678. The number of nitriles is 1. The molecule has 3 atom stereocenters. The number of hydrogen-bond donors (Lipinski definition) is 1. The Labute approximate surface area is 293 Å². The van der Waals surface area contributed by atoms with Crippen molar-refractivity contribution in [2.75, 3.05) is 43.4 Å². The van der Waals surface area contributed by atoms with Crippen LogP contribution >= 0.6 is 11.3 Å².